The third kappa shape index (κ3) is 13.7. The number of amides is 3. The first-order valence-corrected chi connectivity index (χ1v) is 11.0. The highest BCUT2D eigenvalue weighted by atomic mass is 16.4. The van der Waals surface area contributed by atoms with Crippen LogP contribution >= 0.6 is 0 Å². The zero-order valence-corrected chi connectivity index (χ0v) is 20.1. The van der Waals surface area contributed by atoms with E-state index in [2.05, 4.69) is 15.6 Å². The predicted molar refractivity (Wildman–Crippen MR) is 125 cm³/mol. The molecule has 0 saturated carbocycles. The Morgan fingerprint density at radius 1 is 0.778 bits per heavy atom. The van der Waals surface area contributed by atoms with Crippen LogP contribution in [0.25, 0.3) is 0 Å². The van der Waals surface area contributed by atoms with Crippen molar-refractivity contribution in [3.63, 3.8) is 0 Å². The van der Waals surface area contributed by atoms with Crippen LogP contribution in [0.15, 0.2) is 4.99 Å². The molecule has 204 valence electrons. The molecule has 0 spiro atoms. The number of rotatable bonds is 17. The molecule has 0 aromatic rings. The number of nitrogens with zero attached hydrogens (tertiary/aromatic N) is 1. The summed E-state index contributed by atoms with van der Waals surface area (Å²) in [5.74, 6) is -7.69. The maximum atomic E-state index is 12.9. The normalized spacial score (nSPS) is 14.0. The average Bonchev–Trinajstić information content (AvgIpc) is 2.73. The fraction of sp³-hybridized carbons (Fsp3) is 0.650. The van der Waals surface area contributed by atoms with Crippen molar-refractivity contribution in [2.24, 2.45) is 28.1 Å². The molecule has 0 aromatic heterocycles. The molecular formula is C20H35N7O9. The molecule has 0 rings (SSSR count). The number of carbonyl (C=O) groups is 6. The lowest BCUT2D eigenvalue weighted by molar-refractivity contribution is -0.148. The first-order chi connectivity index (χ1) is 16.6. The van der Waals surface area contributed by atoms with Crippen LogP contribution < -0.4 is 33.2 Å². The molecule has 4 atom stereocenters. The van der Waals surface area contributed by atoms with Gasteiger partial charge in [0.25, 0.3) is 0 Å². The second-order valence-electron chi connectivity index (χ2n) is 8.40. The molecule has 0 heterocycles. The van der Waals surface area contributed by atoms with Crippen molar-refractivity contribution >= 4 is 41.6 Å². The zero-order chi connectivity index (χ0) is 28.0. The Labute approximate surface area is 207 Å². The van der Waals surface area contributed by atoms with Crippen molar-refractivity contribution in [2.75, 3.05) is 6.54 Å². The lowest BCUT2D eigenvalue weighted by atomic mass is 10.0. The Bertz CT molecular complexity index is 843. The fourth-order valence-electron chi connectivity index (χ4n) is 2.94. The van der Waals surface area contributed by atoms with Crippen LogP contribution in [0, 0.1) is 5.92 Å². The molecule has 0 aliphatic carbocycles. The summed E-state index contributed by atoms with van der Waals surface area (Å²) < 4.78 is 0. The second-order valence-corrected chi connectivity index (χ2v) is 8.40. The number of hydrogen-bond acceptors (Lipinski definition) is 8. The first kappa shape index (κ1) is 32.0. The topological polar surface area (TPSA) is 290 Å². The number of carboxylic acids is 3. The molecule has 16 nitrogen and oxygen atoms in total. The summed E-state index contributed by atoms with van der Waals surface area (Å²) >= 11 is 0. The van der Waals surface area contributed by atoms with Crippen LogP contribution in [0.2, 0.25) is 0 Å². The molecule has 3 amide bonds. The minimum Gasteiger partial charge on any atom is -0.481 e. The van der Waals surface area contributed by atoms with Crippen LogP contribution in [0.4, 0.5) is 0 Å². The van der Waals surface area contributed by atoms with E-state index in [4.69, 9.17) is 32.5 Å². The number of nitrogens with one attached hydrogen (secondary N) is 3. The van der Waals surface area contributed by atoms with E-state index in [-0.39, 0.29) is 31.3 Å². The summed E-state index contributed by atoms with van der Waals surface area (Å²) in [5, 5.41) is 33.6. The van der Waals surface area contributed by atoms with Gasteiger partial charge in [0.15, 0.2) is 5.96 Å². The molecule has 0 aliphatic heterocycles. The minimum absolute atomic E-state index is 0.108. The molecule has 0 aliphatic rings. The van der Waals surface area contributed by atoms with E-state index in [1.165, 1.54) is 0 Å². The Balaban J connectivity index is 5.44. The number of carboxylic acid groups (broad SMARTS) is 3. The lowest BCUT2D eigenvalue weighted by Crippen LogP contribution is -2.57. The summed E-state index contributed by atoms with van der Waals surface area (Å²) in [5.41, 5.74) is 16.3. The maximum absolute atomic E-state index is 12.9. The van der Waals surface area contributed by atoms with Crippen LogP contribution in [0.1, 0.15) is 46.0 Å². The van der Waals surface area contributed by atoms with Crippen molar-refractivity contribution in [1.82, 2.24) is 16.0 Å². The van der Waals surface area contributed by atoms with Gasteiger partial charge in [0.1, 0.15) is 18.1 Å². The lowest BCUT2D eigenvalue weighted by Gasteiger charge is -2.25. The highest BCUT2D eigenvalue weighted by molar-refractivity contribution is 5.96. The highest BCUT2D eigenvalue weighted by Crippen LogP contribution is 2.08. The van der Waals surface area contributed by atoms with E-state index in [0.717, 1.165) is 0 Å². The Hall–Kier alpha value is -3.95. The van der Waals surface area contributed by atoms with Gasteiger partial charge in [-0.3, -0.25) is 29.0 Å². The number of nitrogens with two attached hydrogens (primary N) is 3. The fourth-order valence-corrected chi connectivity index (χ4v) is 2.94. The van der Waals surface area contributed by atoms with Gasteiger partial charge in [-0.05, 0) is 25.2 Å². The third-order valence-corrected chi connectivity index (χ3v) is 4.65. The van der Waals surface area contributed by atoms with E-state index < -0.39 is 72.6 Å². The molecule has 36 heavy (non-hydrogen) atoms. The van der Waals surface area contributed by atoms with Crippen molar-refractivity contribution in [2.45, 2.75) is 70.1 Å². The van der Waals surface area contributed by atoms with Gasteiger partial charge in [-0.15, -0.1) is 0 Å². The molecule has 0 saturated heterocycles. The van der Waals surface area contributed by atoms with Crippen LogP contribution in [-0.2, 0) is 28.8 Å². The predicted octanol–water partition coefficient (Wildman–Crippen LogP) is -3.10. The average molecular weight is 518 g/mol. The van der Waals surface area contributed by atoms with E-state index in [0.29, 0.717) is 6.42 Å². The van der Waals surface area contributed by atoms with Crippen LogP contribution in [0.3, 0.4) is 0 Å². The number of hydrogen-bond donors (Lipinski definition) is 9. The van der Waals surface area contributed by atoms with Crippen molar-refractivity contribution < 1.29 is 44.1 Å². The molecule has 0 bridgehead atoms. The van der Waals surface area contributed by atoms with E-state index >= 15 is 0 Å². The van der Waals surface area contributed by atoms with Gasteiger partial charge in [0, 0.05) is 6.54 Å². The summed E-state index contributed by atoms with van der Waals surface area (Å²) in [6, 6.07) is -5.80. The number of aliphatic carboxylic acids is 3. The number of aliphatic imine (C=N–C) groups is 1. The Kier molecular flexibility index (Phi) is 14.1. The van der Waals surface area contributed by atoms with Crippen molar-refractivity contribution in [1.29, 1.82) is 0 Å². The van der Waals surface area contributed by atoms with Gasteiger partial charge in [0.05, 0.1) is 18.9 Å². The zero-order valence-electron chi connectivity index (χ0n) is 20.1. The first-order valence-electron chi connectivity index (χ1n) is 11.0. The maximum Gasteiger partial charge on any atom is 0.326 e. The summed E-state index contributed by atoms with van der Waals surface area (Å²) in [6.45, 7) is 3.75. The molecule has 16 heteroatoms. The van der Waals surface area contributed by atoms with Gasteiger partial charge >= 0.3 is 17.9 Å². The van der Waals surface area contributed by atoms with Gasteiger partial charge in [-0.1, -0.05) is 13.8 Å². The molecular weight excluding hydrogens is 482 g/mol. The monoisotopic (exact) mass is 517 g/mol. The number of carbonyl (C=O) groups excluding carboxylic acids is 3. The third-order valence-electron chi connectivity index (χ3n) is 4.65. The van der Waals surface area contributed by atoms with Gasteiger partial charge < -0.3 is 48.5 Å². The molecule has 0 radical (unpaired) electrons. The van der Waals surface area contributed by atoms with Crippen LogP contribution in [-0.4, -0.2) is 87.6 Å². The molecule has 0 fully saturated rings. The standard InChI is InChI=1S/C20H35N7O9/c1-9(2)6-11(25-16(32)10(21)4-3-5-24-20(22)23)17(33)26-12(7-14(28)29)18(34)27-13(19(35)36)8-15(30)31/h9-13H,3-8,21H2,1-2H3,(H,25,32)(H,26,33)(H,27,34)(H,28,29)(H,30,31)(H,35,36)(H4,22,23,24). The minimum atomic E-state index is -1.86. The SMILES string of the molecule is CC(C)CC(NC(=O)C(N)CCCN=C(N)N)C(=O)NC(CC(=O)O)C(=O)NC(CC(=O)O)C(=O)O. The number of guanidine groups is 1. The Morgan fingerprint density at radius 3 is 1.72 bits per heavy atom. The van der Waals surface area contributed by atoms with Crippen molar-refractivity contribution in [3.8, 4) is 0 Å². The molecule has 0 aromatic carbocycles. The second kappa shape index (κ2) is 15.9. The summed E-state index contributed by atoms with van der Waals surface area (Å²) in [7, 11) is 0. The Morgan fingerprint density at radius 2 is 1.25 bits per heavy atom. The van der Waals surface area contributed by atoms with Crippen LogP contribution in [0.5, 0.6) is 0 Å². The largest absolute Gasteiger partial charge is 0.481 e. The molecule has 4 unspecified atom stereocenters. The van der Waals surface area contributed by atoms with Gasteiger partial charge in [-0.25, -0.2) is 4.79 Å². The summed E-state index contributed by atoms with van der Waals surface area (Å²) in [6.07, 6.45) is -1.21. The smallest absolute Gasteiger partial charge is 0.326 e. The van der Waals surface area contributed by atoms with Crippen molar-refractivity contribution in [3.05, 3.63) is 0 Å². The molecule has 12 N–H and O–H groups in total. The van der Waals surface area contributed by atoms with Gasteiger partial charge in [0.2, 0.25) is 17.7 Å². The summed E-state index contributed by atoms with van der Waals surface area (Å²) in [4.78, 5) is 74.9. The highest BCUT2D eigenvalue weighted by Gasteiger charge is 2.32. The van der Waals surface area contributed by atoms with Gasteiger partial charge in [-0.2, -0.15) is 0 Å². The van der Waals surface area contributed by atoms with E-state index in [1.807, 2.05) is 5.32 Å². The quantitative estimate of drug-likeness (QED) is 0.0526. The van der Waals surface area contributed by atoms with E-state index in [9.17, 15) is 28.8 Å². The van der Waals surface area contributed by atoms with E-state index in [1.54, 1.807) is 13.8 Å².